The summed E-state index contributed by atoms with van der Waals surface area (Å²) in [5.41, 5.74) is 0.253. The first-order valence-corrected chi connectivity index (χ1v) is 7.87. The van der Waals surface area contributed by atoms with Gasteiger partial charge < -0.3 is 10.6 Å². The Labute approximate surface area is 149 Å². The molecule has 2 N–H and O–H groups in total. The van der Waals surface area contributed by atoms with E-state index in [2.05, 4.69) is 10.6 Å². The molecule has 0 unspecified atom stereocenters. The summed E-state index contributed by atoms with van der Waals surface area (Å²) in [6.07, 6.45) is 0. The number of anilines is 2. The zero-order valence-corrected chi connectivity index (χ0v) is 14.8. The third-order valence-corrected chi connectivity index (χ3v) is 4.05. The fourth-order valence-corrected chi connectivity index (χ4v) is 2.24. The molecule has 0 fully saturated rings. The second-order valence-corrected chi connectivity index (χ2v) is 6.57. The third kappa shape index (κ3) is 3.87. The maximum Gasteiger partial charge on any atom is 0.239 e. The SMILES string of the molecule is Cc1ccc(NC(=O)C(C)(C)C(=O)Nc2ccc(F)c(F)c2F)c(C)c1. The standard InChI is InChI=1S/C19H19F3N2O2/c1-10-5-7-13(11(2)9-10)23-17(25)19(3,4)18(26)24-14-8-6-12(20)15(21)16(14)22/h5-9H,1-4H3,(H,23,25)(H,24,26). The van der Waals surface area contributed by atoms with Gasteiger partial charge in [-0.25, -0.2) is 13.2 Å². The maximum atomic E-state index is 13.7. The van der Waals surface area contributed by atoms with Gasteiger partial charge >= 0.3 is 0 Å². The van der Waals surface area contributed by atoms with Crippen molar-refractivity contribution in [3.05, 3.63) is 58.9 Å². The molecule has 0 saturated heterocycles. The summed E-state index contributed by atoms with van der Waals surface area (Å²) in [6.45, 7) is 6.41. The van der Waals surface area contributed by atoms with E-state index in [0.29, 0.717) is 11.8 Å². The second-order valence-electron chi connectivity index (χ2n) is 6.57. The summed E-state index contributed by atoms with van der Waals surface area (Å²) < 4.78 is 40.0. The van der Waals surface area contributed by atoms with Gasteiger partial charge in [-0.15, -0.1) is 0 Å². The first-order valence-electron chi connectivity index (χ1n) is 7.87. The summed E-state index contributed by atoms with van der Waals surface area (Å²) in [7, 11) is 0. The Morgan fingerprint density at radius 3 is 1.96 bits per heavy atom. The fourth-order valence-electron chi connectivity index (χ4n) is 2.24. The minimum absolute atomic E-state index is 0.540. The molecular formula is C19H19F3N2O2. The van der Waals surface area contributed by atoms with E-state index in [1.165, 1.54) is 13.8 Å². The van der Waals surface area contributed by atoms with Crippen LogP contribution in [0.5, 0.6) is 0 Å². The molecule has 2 amide bonds. The number of benzene rings is 2. The lowest BCUT2D eigenvalue weighted by Gasteiger charge is -2.23. The van der Waals surface area contributed by atoms with E-state index in [1.807, 2.05) is 26.0 Å². The van der Waals surface area contributed by atoms with Gasteiger partial charge in [0.2, 0.25) is 11.8 Å². The number of hydrogen-bond acceptors (Lipinski definition) is 2. The molecule has 0 saturated carbocycles. The van der Waals surface area contributed by atoms with Gasteiger partial charge in [-0.2, -0.15) is 0 Å². The molecule has 0 aromatic heterocycles. The molecule has 0 heterocycles. The van der Waals surface area contributed by atoms with Crippen LogP contribution in [0.4, 0.5) is 24.5 Å². The van der Waals surface area contributed by atoms with Gasteiger partial charge in [-0.3, -0.25) is 9.59 Å². The molecule has 0 aliphatic rings. The number of carbonyl (C=O) groups excluding carboxylic acids is 2. The predicted molar refractivity (Wildman–Crippen MR) is 93.3 cm³/mol. The molecule has 26 heavy (non-hydrogen) atoms. The van der Waals surface area contributed by atoms with Gasteiger partial charge in [0.1, 0.15) is 5.41 Å². The molecule has 2 aromatic rings. The smallest absolute Gasteiger partial charge is 0.239 e. The zero-order valence-electron chi connectivity index (χ0n) is 14.8. The largest absolute Gasteiger partial charge is 0.325 e. The molecular weight excluding hydrogens is 345 g/mol. The molecule has 4 nitrogen and oxygen atoms in total. The molecule has 2 aromatic carbocycles. The van der Waals surface area contributed by atoms with Gasteiger partial charge in [0.25, 0.3) is 0 Å². The van der Waals surface area contributed by atoms with Crippen LogP contribution in [0, 0.1) is 36.7 Å². The first kappa shape index (κ1) is 19.5. The van der Waals surface area contributed by atoms with Crippen molar-refractivity contribution in [3.8, 4) is 0 Å². The van der Waals surface area contributed by atoms with Gasteiger partial charge in [0.05, 0.1) is 5.69 Å². The van der Waals surface area contributed by atoms with Gasteiger partial charge in [-0.1, -0.05) is 17.7 Å². The quantitative estimate of drug-likeness (QED) is 0.627. The summed E-state index contributed by atoms with van der Waals surface area (Å²) in [5.74, 6) is -6.06. The van der Waals surface area contributed by atoms with E-state index in [9.17, 15) is 22.8 Å². The van der Waals surface area contributed by atoms with Crippen LogP contribution < -0.4 is 10.6 Å². The van der Waals surface area contributed by atoms with E-state index in [4.69, 9.17) is 0 Å². The summed E-state index contributed by atoms with van der Waals surface area (Å²) >= 11 is 0. The minimum Gasteiger partial charge on any atom is -0.325 e. The minimum atomic E-state index is -1.69. The van der Waals surface area contributed by atoms with Crippen LogP contribution in [0.2, 0.25) is 0 Å². The first-order chi connectivity index (χ1) is 12.0. The van der Waals surface area contributed by atoms with Crippen LogP contribution in [-0.4, -0.2) is 11.8 Å². The highest BCUT2D eigenvalue weighted by molar-refractivity contribution is 6.14. The summed E-state index contributed by atoms with van der Waals surface area (Å²) in [4.78, 5) is 24.9. The summed E-state index contributed by atoms with van der Waals surface area (Å²) in [5, 5.41) is 4.78. The second kappa shape index (κ2) is 7.19. The van der Waals surface area contributed by atoms with Crippen molar-refractivity contribution in [2.24, 2.45) is 5.41 Å². The Hall–Kier alpha value is -2.83. The van der Waals surface area contributed by atoms with Crippen LogP contribution in [0.15, 0.2) is 30.3 Å². The Bertz CT molecular complexity index is 879. The number of halogens is 3. The van der Waals surface area contributed by atoms with Crippen LogP contribution in [0.1, 0.15) is 25.0 Å². The van der Waals surface area contributed by atoms with Crippen LogP contribution in [-0.2, 0) is 9.59 Å². The van der Waals surface area contributed by atoms with Gasteiger partial charge in [0.15, 0.2) is 17.5 Å². The van der Waals surface area contributed by atoms with E-state index < -0.39 is 40.4 Å². The topological polar surface area (TPSA) is 58.2 Å². The lowest BCUT2D eigenvalue weighted by Crippen LogP contribution is -2.42. The van der Waals surface area contributed by atoms with Crippen LogP contribution in [0.3, 0.4) is 0 Å². The van der Waals surface area contributed by atoms with Gasteiger partial charge in [0, 0.05) is 5.69 Å². The van der Waals surface area contributed by atoms with Crippen molar-refractivity contribution in [3.63, 3.8) is 0 Å². The van der Waals surface area contributed by atoms with Crippen molar-refractivity contribution in [1.82, 2.24) is 0 Å². The Balaban J connectivity index is 2.19. The number of rotatable bonds is 4. The van der Waals surface area contributed by atoms with Crippen molar-refractivity contribution >= 4 is 23.2 Å². The zero-order chi connectivity index (χ0) is 19.6. The lowest BCUT2D eigenvalue weighted by molar-refractivity contribution is -0.135. The molecule has 0 bridgehead atoms. The Morgan fingerprint density at radius 1 is 0.846 bits per heavy atom. The predicted octanol–water partition coefficient (Wildman–Crippen LogP) is 4.32. The Kier molecular flexibility index (Phi) is 5.39. The number of hydrogen-bond donors (Lipinski definition) is 2. The number of nitrogens with one attached hydrogen (secondary N) is 2. The average molecular weight is 364 g/mol. The van der Waals surface area contributed by atoms with E-state index in [1.54, 1.807) is 6.07 Å². The molecule has 0 aliphatic carbocycles. The number of aryl methyl sites for hydroxylation is 2. The highest BCUT2D eigenvalue weighted by atomic mass is 19.2. The average Bonchev–Trinajstić information content (AvgIpc) is 2.57. The fraction of sp³-hybridized carbons (Fsp3) is 0.263. The van der Waals surface area contributed by atoms with E-state index in [0.717, 1.165) is 17.2 Å². The molecule has 2 rings (SSSR count). The maximum absolute atomic E-state index is 13.7. The highest BCUT2D eigenvalue weighted by Crippen LogP contribution is 2.25. The number of amides is 2. The molecule has 0 spiro atoms. The lowest BCUT2D eigenvalue weighted by atomic mass is 9.90. The normalized spacial score (nSPS) is 11.2. The highest BCUT2D eigenvalue weighted by Gasteiger charge is 2.37. The van der Waals surface area contributed by atoms with Crippen LogP contribution >= 0.6 is 0 Å². The monoisotopic (exact) mass is 364 g/mol. The third-order valence-electron chi connectivity index (χ3n) is 4.05. The molecule has 0 radical (unpaired) electrons. The number of carbonyl (C=O) groups is 2. The van der Waals surface area contributed by atoms with E-state index in [-0.39, 0.29) is 0 Å². The van der Waals surface area contributed by atoms with Crippen molar-refractivity contribution < 1.29 is 22.8 Å². The van der Waals surface area contributed by atoms with Crippen molar-refractivity contribution in [2.75, 3.05) is 10.6 Å². The Morgan fingerprint density at radius 2 is 1.38 bits per heavy atom. The summed E-state index contributed by atoms with van der Waals surface area (Å²) in [6, 6.07) is 6.98. The molecule has 0 aliphatic heterocycles. The molecule has 7 heteroatoms. The van der Waals surface area contributed by atoms with E-state index >= 15 is 0 Å². The van der Waals surface area contributed by atoms with Crippen molar-refractivity contribution in [1.29, 1.82) is 0 Å². The van der Waals surface area contributed by atoms with Gasteiger partial charge in [-0.05, 0) is 51.5 Å². The van der Waals surface area contributed by atoms with Crippen LogP contribution in [0.25, 0.3) is 0 Å². The molecule has 0 atom stereocenters. The van der Waals surface area contributed by atoms with Crippen molar-refractivity contribution in [2.45, 2.75) is 27.7 Å². The molecule has 138 valence electrons.